The van der Waals surface area contributed by atoms with E-state index in [9.17, 15) is 0 Å². The highest BCUT2D eigenvalue weighted by Gasteiger charge is 2.54. The number of rotatable bonds is 1. The molecule has 4 aliphatic carbocycles. The van der Waals surface area contributed by atoms with Crippen LogP contribution >= 0.6 is 0 Å². The molecule has 3 unspecified atom stereocenters. The summed E-state index contributed by atoms with van der Waals surface area (Å²) < 4.78 is 0. The van der Waals surface area contributed by atoms with Gasteiger partial charge < -0.3 is 0 Å². The molecule has 0 heterocycles. The Kier molecular flexibility index (Phi) is 1.49. The Morgan fingerprint density at radius 1 is 1.31 bits per heavy atom. The maximum absolute atomic E-state index is 2.54. The van der Waals surface area contributed by atoms with Crippen molar-refractivity contribution in [1.82, 2.24) is 0 Å². The van der Waals surface area contributed by atoms with Crippen molar-refractivity contribution in [1.29, 1.82) is 0 Å². The minimum absolute atomic E-state index is 0.727. The van der Waals surface area contributed by atoms with Crippen molar-refractivity contribution in [2.24, 2.45) is 16.7 Å². The molecule has 0 aromatic carbocycles. The topological polar surface area (TPSA) is 0 Å². The molecule has 13 heavy (non-hydrogen) atoms. The van der Waals surface area contributed by atoms with Crippen molar-refractivity contribution in [3.05, 3.63) is 5.92 Å². The highest BCUT2D eigenvalue weighted by Crippen LogP contribution is 2.66. The summed E-state index contributed by atoms with van der Waals surface area (Å²) in [5, 5.41) is 0. The molecule has 0 aromatic heterocycles. The van der Waals surface area contributed by atoms with Gasteiger partial charge in [0.1, 0.15) is 0 Å². The van der Waals surface area contributed by atoms with E-state index in [4.69, 9.17) is 0 Å². The molecule has 4 bridgehead atoms. The Morgan fingerprint density at radius 3 is 2.77 bits per heavy atom. The lowest BCUT2D eigenvalue weighted by molar-refractivity contribution is -0.0501. The van der Waals surface area contributed by atoms with Crippen LogP contribution in [0.25, 0.3) is 0 Å². The van der Waals surface area contributed by atoms with Crippen LogP contribution < -0.4 is 0 Å². The summed E-state index contributed by atoms with van der Waals surface area (Å²) >= 11 is 0. The first-order valence-corrected chi connectivity index (χ1v) is 5.97. The second-order valence-electron chi connectivity index (χ2n) is 6.42. The van der Waals surface area contributed by atoms with Gasteiger partial charge in [0, 0.05) is 0 Å². The van der Waals surface area contributed by atoms with Crippen LogP contribution in [0.2, 0.25) is 0 Å². The Labute approximate surface area is 82.1 Å². The standard InChI is InChI=1S/C13H21/c1-3-13-7-10-4-11(8-13)6-12(2,5-10)9-13/h10H,3-9H2,1-2H3. The second kappa shape index (κ2) is 2.32. The molecule has 0 aromatic rings. The van der Waals surface area contributed by atoms with Crippen LogP contribution in [0.3, 0.4) is 0 Å². The van der Waals surface area contributed by atoms with E-state index in [1.54, 1.807) is 6.42 Å². The monoisotopic (exact) mass is 177 g/mol. The molecule has 0 heteroatoms. The summed E-state index contributed by atoms with van der Waals surface area (Å²) in [6.07, 6.45) is 10.5. The van der Waals surface area contributed by atoms with Crippen molar-refractivity contribution in [2.45, 2.75) is 58.8 Å². The fraction of sp³-hybridized carbons (Fsp3) is 0.923. The van der Waals surface area contributed by atoms with E-state index < -0.39 is 0 Å². The Morgan fingerprint density at radius 2 is 2.15 bits per heavy atom. The van der Waals surface area contributed by atoms with Crippen LogP contribution in [0, 0.1) is 22.7 Å². The molecule has 0 aliphatic heterocycles. The zero-order chi connectivity index (χ0) is 9.10. The summed E-state index contributed by atoms with van der Waals surface area (Å²) in [5.74, 6) is 3.01. The van der Waals surface area contributed by atoms with Gasteiger partial charge in [-0.3, -0.25) is 0 Å². The van der Waals surface area contributed by atoms with E-state index >= 15 is 0 Å². The fourth-order valence-corrected chi connectivity index (χ4v) is 4.99. The van der Waals surface area contributed by atoms with Crippen LogP contribution in [0.1, 0.15) is 58.8 Å². The first-order chi connectivity index (χ1) is 6.13. The lowest BCUT2D eigenvalue weighted by Crippen LogP contribution is -2.49. The molecule has 0 nitrogen and oxygen atoms in total. The Balaban J connectivity index is 1.95. The lowest BCUT2D eigenvalue weighted by Gasteiger charge is -2.61. The van der Waals surface area contributed by atoms with Gasteiger partial charge >= 0.3 is 0 Å². The molecule has 0 amide bonds. The largest absolute Gasteiger partial charge is 0.0649 e. The fourth-order valence-electron chi connectivity index (χ4n) is 4.99. The third kappa shape index (κ3) is 1.10. The van der Waals surface area contributed by atoms with E-state index in [0.29, 0.717) is 0 Å². The number of hydrogen-bond acceptors (Lipinski definition) is 0. The first kappa shape index (κ1) is 8.32. The second-order valence-corrected chi connectivity index (χ2v) is 6.42. The van der Waals surface area contributed by atoms with Crippen molar-refractivity contribution in [3.63, 3.8) is 0 Å². The van der Waals surface area contributed by atoms with Gasteiger partial charge in [0.15, 0.2) is 0 Å². The van der Waals surface area contributed by atoms with Gasteiger partial charge in [0.05, 0.1) is 0 Å². The van der Waals surface area contributed by atoms with Crippen molar-refractivity contribution in [2.75, 3.05) is 0 Å². The molecule has 0 N–H and O–H groups in total. The normalized spacial score (nSPS) is 54.5. The molecule has 73 valence electrons. The van der Waals surface area contributed by atoms with E-state index in [0.717, 1.165) is 16.7 Å². The summed E-state index contributed by atoms with van der Waals surface area (Å²) in [4.78, 5) is 0. The van der Waals surface area contributed by atoms with E-state index in [1.165, 1.54) is 38.5 Å². The van der Waals surface area contributed by atoms with Crippen LogP contribution in [0.4, 0.5) is 0 Å². The average molecular weight is 177 g/mol. The summed E-state index contributed by atoms with van der Waals surface area (Å²) in [6, 6.07) is 0. The zero-order valence-electron chi connectivity index (χ0n) is 9.03. The summed E-state index contributed by atoms with van der Waals surface area (Å²) in [7, 11) is 0. The maximum Gasteiger partial charge on any atom is -0.0227 e. The highest BCUT2D eigenvalue weighted by atomic mass is 14.6. The van der Waals surface area contributed by atoms with E-state index in [2.05, 4.69) is 13.8 Å². The maximum atomic E-state index is 2.54. The summed E-state index contributed by atoms with van der Waals surface area (Å²) in [6.45, 7) is 4.96. The molecule has 0 saturated heterocycles. The van der Waals surface area contributed by atoms with Gasteiger partial charge in [-0.05, 0) is 61.2 Å². The van der Waals surface area contributed by atoms with Crippen LogP contribution in [-0.4, -0.2) is 0 Å². The highest BCUT2D eigenvalue weighted by molar-refractivity contribution is 5.16. The van der Waals surface area contributed by atoms with Gasteiger partial charge in [-0.25, -0.2) is 0 Å². The van der Waals surface area contributed by atoms with Gasteiger partial charge in [-0.15, -0.1) is 0 Å². The van der Waals surface area contributed by atoms with Crippen LogP contribution in [0.5, 0.6) is 0 Å². The van der Waals surface area contributed by atoms with Crippen LogP contribution in [0.15, 0.2) is 0 Å². The van der Waals surface area contributed by atoms with Gasteiger partial charge in [-0.2, -0.15) is 0 Å². The van der Waals surface area contributed by atoms with E-state index in [1.807, 2.05) is 5.92 Å². The molecular weight excluding hydrogens is 156 g/mol. The van der Waals surface area contributed by atoms with Crippen molar-refractivity contribution >= 4 is 0 Å². The summed E-state index contributed by atoms with van der Waals surface area (Å²) in [5.41, 5.74) is 1.49. The molecule has 4 rings (SSSR count). The SMILES string of the molecule is CCC12C[C]3CC(CC(C)(C3)C1)C2. The quantitative estimate of drug-likeness (QED) is 0.568. The molecule has 1 radical (unpaired) electrons. The molecule has 0 spiro atoms. The van der Waals surface area contributed by atoms with Gasteiger partial charge in [0.2, 0.25) is 0 Å². The predicted octanol–water partition coefficient (Wildman–Crippen LogP) is 3.96. The zero-order valence-corrected chi connectivity index (χ0v) is 9.03. The van der Waals surface area contributed by atoms with E-state index in [-0.39, 0.29) is 0 Å². The average Bonchev–Trinajstić information content (AvgIpc) is 1.99. The molecule has 4 aliphatic rings. The molecule has 4 fully saturated rings. The predicted molar refractivity (Wildman–Crippen MR) is 55.3 cm³/mol. The molecule has 3 atom stereocenters. The molecule has 4 saturated carbocycles. The van der Waals surface area contributed by atoms with Crippen molar-refractivity contribution < 1.29 is 0 Å². The molecular formula is C13H21. The smallest absolute Gasteiger partial charge is 0.0227 e. The van der Waals surface area contributed by atoms with Crippen molar-refractivity contribution in [3.8, 4) is 0 Å². The first-order valence-electron chi connectivity index (χ1n) is 5.97. The Hall–Kier alpha value is 0. The third-order valence-corrected chi connectivity index (χ3v) is 4.93. The Bertz CT molecular complexity index is 214. The van der Waals surface area contributed by atoms with Gasteiger partial charge in [0.25, 0.3) is 0 Å². The van der Waals surface area contributed by atoms with Gasteiger partial charge in [-0.1, -0.05) is 20.3 Å². The number of hydrogen-bond donors (Lipinski definition) is 0. The minimum atomic E-state index is 0.727. The van der Waals surface area contributed by atoms with Crippen LogP contribution in [-0.2, 0) is 0 Å². The third-order valence-electron chi connectivity index (χ3n) is 4.93. The minimum Gasteiger partial charge on any atom is -0.0649 e. The lowest BCUT2D eigenvalue weighted by atomic mass is 9.44.